The third kappa shape index (κ3) is 4.15. The summed E-state index contributed by atoms with van der Waals surface area (Å²) in [6, 6.07) is 7.93. The van der Waals surface area contributed by atoms with Crippen LogP contribution in [0.5, 0.6) is 0 Å². The minimum Gasteiger partial charge on any atom is -0.342 e. The van der Waals surface area contributed by atoms with E-state index in [0.717, 1.165) is 25.1 Å². The normalized spacial score (nSPS) is 10.7. The standard InChI is InChI=1S/C15H24N2O/c1-12(2)13-7-5-8-14(11-13)15(18)17(4)10-6-9-16-3/h5,7-8,11-12,16H,6,9-10H2,1-4H3. The van der Waals surface area contributed by atoms with Crippen LogP contribution in [0.4, 0.5) is 0 Å². The zero-order valence-electron chi connectivity index (χ0n) is 11.9. The van der Waals surface area contributed by atoms with Crippen LogP contribution in [0.15, 0.2) is 24.3 Å². The summed E-state index contributed by atoms with van der Waals surface area (Å²) < 4.78 is 0. The van der Waals surface area contributed by atoms with Crippen molar-refractivity contribution in [3.05, 3.63) is 35.4 Å². The van der Waals surface area contributed by atoms with Crippen LogP contribution >= 0.6 is 0 Å². The van der Waals surface area contributed by atoms with Gasteiger partial charge in [0.25, 0.3) is 5.91 Å². The minimum absolute atomic E-state index is 0.105. The van der Waals surface area contributed by atoms with Gasteiger partial charge in [-0.2, -0.15) is 0 Å². The molecule has 0 spiro atoms. The fraction of sp³-hybridized carbons (Fsp3) is 0.533. The summed E-state index contributed by atoms with van der Waals surface area (Å²) >= 11 is 0. The largest absolute Gasteiger partial charge is 0.342 e. The number of rotatable bonds is 6. The molecule has 0 radical (unpaired) electrons. The second kappa shape index (κ2) is 7.17. The summed E-state index contributed by atoms with van der Waals surface area (Å²) in [4.78, 5) is 14.0. The van der Waals surface area contributed by atoms with E-state index < -0.39 is 0 Å². The average molecular weight is 248 g/mol. The molecule has 1 aromatic carbocycles. The third-order valence-corrected chi connectivity index (χ3v) is 3.07. The van der Waals surface area contributed by atoms with Crippen LogP contribution in [0.1, 0.15) is 42.1 Å². The van der Waals surface area contributed by atoms with Gasteiger partial charge in [-0.15, -0.1) is 0 Å². The van der Waals surface area contributed by atoms with Gasteiger partial charge in [0, 0.05) is 19.2 Å². The van der Waals surface area contributed by atoms with E-state index in [1.807, 2.05) is 32.3 Å². The lowest BCUT2D eigenvalue weighted by Gasteiger charge is -2.18. The molecule has 1 aromatic rings. The molecule has 0 unspecified atom stereocenters. The predicted octanol–water partition coefficient (Wildman–Crippen LogP) is 2.49. The van der Waals surface area contributed by atoms with Crippen LogP contribution in [0.25, 0.3) is 0 Å². The zero-order valence-corrected chi connectivity index (χ0v) is 11.9. The van der Waals surface area contributed by atoms with Gasteiger partial charge in [0.15, 0.2) is 0 Å². The number of nitrogens with one attached hydrogen (secondary N) is 1. The highest BCUT2D eigenvalue weighted by atomic mass is 16.2. The monoisotopic (exact) mass is 248 g/mol. The second-order valence-electron chi connectivity index (χ2n) is 4.96. The third-order valence-electron chi connectivity index (χ3n) is 3.07. The smallest absolute Gasteiger partial charge is 0.253 e. The van der Waals surface area contributed by atoms with Crippen LogP contribution < -0.4 is 5.32 Å². The van der Waals surface area contributed by atoms with Gasteiger partial charge in [-0.1, -0.05) is 26.0 Å². The summed E-state index contributed by atoms with van der Waals surface area (Å²) in [5.74, 6) is 0.556. The van der Waals surface area contributed by atoms with E-state index in [0.29, 0.717) is 5.92 Å². The Morgan fingerprint density at radius 2 is 2.11 bits per heavy atom. The summed E-state index contributed by atoms with van der Waals surface area (Å²) in [5, 5.41) is 3.09. The summed E-state index contributed by atoms with van der Waals surface area (Å²) in [7, 11) is 3.79. The first-order valence-corrected chi connectivity index (χ1v) is 6.56. The molecule has 0 heterocycles. The van der Waals surface area contributed by atoms with E-state index >= 15 is 0 Å². The highest BCUT2D eigenvalue weighted by Crippen LogP contribution is 2.16. The Bertz CT molecular complexity index is 388. The van der Waals surface area contributed by atoms with Crippen LogP contribution in [0, 0.1) is 0 Å². The molecule has 0 aromatic heterocycles. The number of carbonyl (C=O) groups excluding carboxylic acids is 1. The summed E-state index contributed by atoms with van der Waals surface area (Å²) in [5.41, 5.74) is 2.00. The molecule has 0 aliphatic heterocycles. The molecule has 3 nitrogen and oxygen atoms in total. The highest BCUT2D eigenvalue weighted by molar-refractivity contribution is 5.94. The number of hydrogen-bond donors (Lipinski definition) is 1. The molecule has 0 atom stereocenters. The number of carbonyl (C=O) groups is 1. The van der Waals surface area contributed by atoms with E-state index in [1.54, 1.807) is 4.90 Å². The van der Waals surface area contributed by atoms with Gasteiger partial charge in [-0.3, -0.25) is 4.79 Å². The van der Waals surface area contributed by atoms with Gasteiger partial charge in [-0.05, 0) is 43.6 Å². The molecule has 1 amide bonds. The van der Waals surface area contributed by atoms with Gasteiger partial charge < -0.3 is 10.2 Å². The zero-order chi connectivity index (χ0) is 13.5. The van der Waals surface area contributed by atoms with E-state index in [9.17, 15) is 4.79 Å². The summed E-state index contributed by atoms with van der Waals surface area (Å²) in [6.07, 6.45) is 0.975. The lowest BCUT2D eigenvalue weighted by atomic mass is 10.0. The summed E-state index contributed by atoms with van der Waals surface area (Å²) in [6.45, 7) is 6.00. The van der Waals surface area contributed by atoms with Gasteiger partial charge in [0.2, 0.25) is 0 Å². The molecule has 0 aliphatic rings. The molecule has 0 bridgehead atoms. The molecule has 3 heteroatoms. The first-order valence-electron chi connectivity index (χ1n) is 6.56. The van der Waals surface area contributed by atoms with Crippen molar-refractivity contribution in [3.8, 4) is 0 Å². The van der Waals surface area contributed by atoms with Crippen molar-refractivity contribution in [3.63, 3.8) is 0 Å². The van der Waals surface area contributed by atoms with E-state index in [-0.39, 0.29) is 5.91 Å². The van der Waals surface area contributed by atoms with Crippen molar-refractivity contribution in [2.75, 3.05) is 27.2 Å². The van der Waals surface area contributed by atoms with Crippen molar-refractivity contribution < 1.29 is 4.79 Å². The molecular weight excluding hydrogens is 224 g/mol. The van der Waals surface area contributed by atoms with Crippen molar-refractivity contribution in [1.82, 2.24) is 10.2 Å². The molecule has 0 fully saturated rings. The maximum atomic E-state index is 12.2. The topological polar surface area (TPSA) is 32.3 Å². The SMILES string of the molecule is CNCCCN(C)C(=O)c1cccc(C(C)C)c1. The Morgan fingerprint density at radius 3 is 2.72 bits per heavy atom. The van der Waals surface area contributed by atoms with Gasteiger partial charge >= 0.3 is 0 Å². The van der Waals surface area contributed by atoms with Crippen LogP contribution in [-0.2, 0) is 0 Å². The quantitative estimate of drug-likeness (QED) is 0.784. The Hall–Kier alpha value is -1.35. The fourth-order valence-electron chi connectivity index (χ4n) is 1.85. The predicted molar refractivity (Wildman–Crippen MR) is 76.0 cm³/mol. The van der Waals surface area contributed by atoms with Crippen LogP contribution in [0.2, 0.25) is 0 Å². The lowest BCUT2D eigenvalue weighted by molar-refractivity contribution is 0.0793. The van der Waals surface area contributed by atoms with Crippen molar-refractivity contribution in [2.45, 2.75) is 26.2 Å². The average Bonchev–Trinajstić information content (AvgIpc) is 2.38. The molecule has 0 saturated carbocycles. The molecule has 0 saturated heterocycles. The van der Waals surface area contributed by atoms with Crippen LogP contribution in [-0.4, -0.2) is 38.0 Å². The Kier molecular flexibility index (Phi) is 5.86. The Labute approximate surface area is 110 Å². The van der Waals surface area contributed by atoms with Gasteiger partial charge in [0.05, 0.1) is 0 Å². The first-order chi connectivity index (χ1) is 8.56. The second-order valence-corrected chi connectivity index (χ2v) is 4.96. The van der Waals surface area contributed by atoms with E-state index in [2.05, 4.69) is 25.2 Å². The highest BCUT2D eigenvalue weighted by Gasteiger charge is 2.12. The number of amides is 1. The number of benzene rings is 1. The molecule has 0 aliphatic carbocycles. The molecule has 1 rings (SSSR count). The molecule has 1 N–H and O–H groups in total. The van der Waals surface area contributed by atoms with Crippen LogP contribution in [0.3, 0.4) is 0 Å². The Morgan fingerprint density at radius 1 is 1.39 bits per heavy atom. The first kappa shape index (κ1) is 14.7. The van der Waals surface area contributed by atoms with E-state index in [1.165, 1.54) is 5.56 Å². The van der Waals surface area contributed by atoms with Crippen molar-refractivity contribution >= 4 is 5.91 Å². The van der Waals surface area contributed by atoms with Gasteiger partial charge in [0.1, 0.15) is 0 Å². The maximum Gasteiger partial charge on any atom is 0.253 e. The molecule has 18 heavy (non-hydrogen) atoms. The Balaban J connectivity index is 2.68. The van der Waals surface area contributed by atoms with Crippen molar-refractivity contribution in [1.29, 1.82) is 0 Å². The lowest BCUT2D eigenvalue weighted by Crippen LogP contribution is -2.29. The molecule has 100 valence electrons. The fourth-order valence-corrected chi connectivity index (χ4v) is 1.85. The minimum atomic E-state index is 0.105. The van der Waals surface area contributed by atoms with Gasteiger partial charge in [-0.25, -0.2) is 0 Å². The van der Waals surface area contributed by atoms with E-state index in [4.69, 9.17) is 0 Å². The number of nitrogens with zero attached hydrogens (tertiary/aromatic N) is 1. The van der Waals surface area contributed by atoms with Crippen molar-refractivity contribution in [2.24, 2.45) is 0 Å². The number of hydrogen-bond acceptors (Lipinski definition) is 2. The molecular formula is C15H24N2O. The maximum absolute atomic E-state index is 12.2.